The molecule has 1 heterocycles. The number of nitrogens with one attached hydrogen (secondary N) is 2. The summed E-state index contributed by atoms with van der Waals surface area (Å²) in [5.41, 5.74) is 0.624. The third-order valence-electron chi connectivity index (χ3n) is 3.80. The zero-order chi connectivity index (χ0) is 16.5. The molecule has 0 spiro atoms. The van der Waals surface area contributed by atoms with Gasteiger partial charge in [-0.2, -0.15) is 0 Å². The van der Waals surface area contributed by atoms with E-state index in [0.29, 0.717) is 30.3 Å². The minimum absolute atomic E-state index is 0.0414. The van der Waals surface area contributed by atoms with Crippen LogP contribution in [0.2, 0.25) is 0 Å². The van der Waals surface area contributed by atoms with Crippen LogP contribution in [0.4, 0.5) is 0 Å². The fourth-order valence-electron chi connectivity index (χ4n) is 2.54. The van der Waals surface area contributed by atoms with Gasteiger partial charge in [-0.05, 0) is 57.0 Å². The summed E-state index contributed by atoms with van der Waals surface area (Å²) < 4.78 is 11.5. The molecule has 5 heteroatoms. The summed E-state index contributed by atoms with van der Waals surface area (Å²) in [7, 11) is 0. The number of carbonyl (C=O) groups excluding carboxylic acids is 1. The molecule has 1 amide bonds. The van der Waals surface area contributed by atoms with E-state index in [-0.39, 0.29) is 11.9 Å². The van der Waals surface area contributed by atoms with Crippen molar-refractivity contribution in [2.75, 3.05) is 26.3 Å². The Balaban J connectivity index is 2.06. The second-order valence-electron chi connectivity index (χ2n) is 5.86. The Morgan fingerprint density at radius 2 is 1.78 bits per heavy atom. The van der Waals surface area contributed by atoms with Crippen molar-refractivity contribution in [3.05, 3.63) is 23.8 Å². The average molecular weight is 320 g/mol. The molecule has 0 aromatic heterocycles. The number of benzene rings is 1. The second kappa shape index (κ2) is 9.40. The van der Waals surface area contributed by atoms with E-state index in [9.17, 15) is 4.79 Å². The van der Waals surface area contributed by atoms with Crippen LogP contribution >= 0.6 is 0 Å². The standard InChI is InChI=1S/C18H28N2O3/c1-3-11-22-16-6-5-14(13-17(16)23-12-4-2)18(21)20-15-7-9-19-10-8-15/h5-6,13,15,19H,3-4,7-12H2,1-2H3,(H,20,21). The number of hydrogen-bond donors (Lipinski definition) is 2. The van der Waals surface area contributed by atoms with E-state index >= 15 is 0 Å². The Morgan fingerprint density at radius 3 is 2.43 bits per heavy atom. The summed E-state index contributed by atoms with van der Waals surface area (Å²) in [5.74, 6) is 1.32. The lowest BCUT2D eigenvalue weighted by molar-refractivity contribution is 0.0929. The van der Waals surface area contributed by atoms with E-state index < -0.39 is 0 Å². The van der Waals surface area contributed by atoms with Crippen LogP contribution < -0.4 is 20.1 Å². The Labute approximate surface area is 138 Å². The Kier molecular flexibility index (Phi) is 7.20. The summed E-state index contributed by atoms with van der Waals surface area (Å²) in [4.78, 5) is 12.4. The van der Waals surface area contributed by atoms with Gasteiger partial charge in [0, 0.05) is 11.6 Å². The number of piperidine rings is 1. The first-order valence-electron chi connectivity index (χ1n) is 8.65. The Bertz CT molecular complexity index is 499. The molecule has 23 heavy (non-hydrogen) atoms. The van der Waals surface area contributed by atoms with Crippen LogP contribution in [0.5, 0.6) is 11.5 Å². The maximum absolute atomic E-state index is 12.4. The first-order chi connectivity index (χ1) is 11.2. The normalized spacial score (nSPS) is 15.2. The van der Waals surface area contributed by atoms with Gasteiger partial charge in [0.15, 0.2) is 11.5 Å². The molecule has 2 rings (SSSR count). The molecule has 128 valence electrons. The lowest BCUT2D eigenvalue weighted by Gasteiger charge is -2.23. The van der Waals surface area contributed by atoms with Gasteiger partial charge in [0.25, 0.3) is 5.91 Å². The van der Waals surface area contributed by atoms with Gasteiger partial charge in [-0.1, -0.05) is 13.8 Å². The summed E-state index contributed by atoms with van der Waals surface area (Å²) in [5, 5.41) is 6.40. The van der Waals surface area contributed by atoms with E-state index in [1.54, 1.807) is 12.1 Å². The highest BCUT2D eigenvalue weighted by atomic mass is 16.5. The molecule has 0 bridgehead atoms. The van der Waals surface area contributed by atoms with Gasteiger partial charge in [-0.3, -0.25) is 4.79 Å². The lowest BCUT2D eigenvalue weighted by atomic mass is 10.1. The highest BCUT2D eigenvalue weighted by molar-refractivity contribution is 5.95. The van der Waals surface area contributed by atoms with Gasteiger partial charge in [0.2, 0.25) is 0 Å². The molecule has 1 aliphatic heterocycles. The van der Waals surface area contributed by atoms with Crippen molar-refractivity contribution in [1.82, 2.24) is 10.6 Å². The molecular formula is C18H28N2O3. The molecule has 1 saturated heterocycles. The van der Waals surface area contributed by atoms with Crippen molar-refractivity contribution in [3.8, 4) is 11.5 Å². The van der Waals surface area contributed by atoms with E-state index in [0.717, 1.165) is 38.8 Å². The van der Waals surface area contributed by atoms with Crippen molar-refractivity contribution in [3.63, 3.8) is 0 Å². The molecule has 1 fully saturated rings. The zero-order valence-corrected chi connectivity index (χ0v) is 14.2. The molecule has 0 aliphatic carbocycles. The predicted octanol–water partition coefficient (Wildman–Crippen LogP) is 2.75. The van der Waals surface area contributed by atoms with Gasteiger partial charge in [-0.15, -0.1) is 0 Å². The molecule has 1 aromatic carbocycles. The van der Waals surface area contributed by atoms with E-state index in [1.807, 2.05) is 6.07 Å². The number of rotatable bonds is 8. The van der Waals surface area contributed by atoms with Crippen LogP contribution in [-0.4, -0.2) is 38.3 Å². The maximum Gasteiger partial charge on any atom is 0.251 e. The van der Waals surface area contributed by atoms with Crippen molar-refractivity contribution in [2.24, 2.45) is 0 Å². The minimum atomic E-state index is -0.0414. The van der Waals surface area contributed by atoms with Gasteiger partial charge >= 0.3 is 0 Å². The number of amides is 1. The molecule has 1 aromatic rings. The summed E-state index contributed by atoms with van der Waals surface area (Å²) in [6.45, 7) is 7.29. The molecule has 0 atom stereocenters. The van der Waals surface area contributed by atoms with Crippen LogP contribution in [0, 0.1) is 0 Å². The number of ether oxygens (including phenoxy) is 2. The summed E-state index contributed by atoms with van der Waals surface area (Å²) in [6, 6.07) is 5.68. The summed E-state index contributed by atoms with van der Waals surface area (Å²) >= 11 is 0. The topological polar surface area (TPSA) is 59.6 Å². The maximum atomic E-state index is 12.4. The first-order valence-corrected chi connectivity index (χ1v) is 8.65. The molecule has 0 saturated carbocycles. The molecule has 2 N–H and O–H groups in total. The molecule has 0 unspecified atom stereocenters. The molecule has 5 nitrogen and oxygen atoms in total. The SMILES string of the molecule is CCCOc1ccc(C(=O)NC2CCNCC2)cc1OCCC. The van der Waals surface area contributed by atoms with E-state index in [1.165, 1.54) is 0 Å². The van der Waals surface area contributed by atoms with Gasteiger partial charge in [0.1, 0.15) is 0 Å². The smallest absolute Gasteiger partial charge is 0.251 e. The van der Waals surface area contributed by atoms with E-state index in [2.05, 4.69) is 24.5 Å². The van der Waals surface area contributed by atoms with Crippen LogP contribution in [0.1, 0.15) is 49.9 Å². The highest BCUT2D eigenvalue weighted by Crippen LogP contribution is 2.29. The molecule has 0 radical (unpaired) electrons. The monoisotopic (exact) mass is 320 g/mol. The quantitative estimate of drug-likeness (QED) is 0.773. The lowest BCUT2D eigenvalue weighted by Crippen LogP contribution is -2.42. The Morgan fingerprint density at radius 1 is 1.13 bits per heavy atom. The fraction of sp³-hybridized carbons (Fsp3) is 0.611. The van der Waals surface area contributed by atoms with Gasteiger partial charge in [0.05, 0.1) is 13.2 Å². The minimum Gasteiger partial charge on any atom is -0.490 e. The second-order valence-corrected chi connectivity index (χ2v) is 5.86. The third-order valence-corrected chi connectivity index (χ3v) is 3.80. The van der Waals surface area contributed by atoms with Crippen molar-refractivity contribution < 1.29 is 14.3 Å². The van der Waals surface area contributed by atoms with Crippen molar-refractivity contribution in [2.45, 2.75) is 45.6 Å². The van der Waals surface area contributed by atoms with Crippen molar-refractivity contribution in [1.29, 1.82) is 0 Å². The molecular weight excluding hydrogens is 292 g/mol. The Hall–Kier alpha value is -1.75. The van der Waals surface area contributed by atoms with Gasteiger partial charge < -0.3 is 20.1 Å². The number of hydrogen-bond acceptors (Lipinski definition) is 4. The van der Waals surface area contributed by atoms with Crippen LogP contribution in [0.25, 0.3) is 0 Å². The average Bonchev–Trinajstić information content (AvgIpc) is 2.59. The first kappa shape index (κ1) is 17.6. The van der Waals surface area contributed by atoms with Crippen LogP contribution in [0.15, 0.2) is 18.2 Å². The summed E-state index contributed by atoms with van der Waals surface area (Å²) in [6.07, 6.45) is 3.80. The zero-order valence-electron chi connectivity index (χ0n) is 14.2. The largest absolute Gasteiger partial charge is 0.490 e. The van der Waals surface area contributed by atoms with Crippen molar-refractivity contribution >= 4 is 5.91 Å². The van der Waals surface area contributed by atoms with Crippen LogP contribution in [-0.2, 0) is 0 Å². The van der Waals surface area contributed by atoms with Gasteiger partial charge in [-0.25, -0.2) is 0 Å². The van der Waals surface area contributed by atoms with Crippen LogP contribution in [0.3, 0.4) is 0 Å². The van der Waals surface area contributed by atoms with E-state index in [4.69, 9.17) is 9.47 Å². The number of carbonyl (C=O) groups is 1. The fourth-order valence-corrected chi connectivity index (χ4v) is 2.54. The highest BCUT2D eigenvalue weighted by Gasteiger charge is 2.17. The third kappa shape index (κ3) is 5.43. The molecule has 1 aliphatic rings. The predicted molar refractivity (Wildman–Crippen MR) is 91.4 cm³/mol.